The highest BCUT2D eigenvalue weighted by molar-refractivity contribution is 7.89. The summed E-state index contributed by atoms with van der Waals surface area (Å²) in [6.45, 7) is 6.05. The van der Waals surface area contributed by atoms with E-state index in [2.05, 4.69) is 15.4 Å². The number of benzene rings is 1. The van der Waals surface area contributed by atoms with E-state index in [1.165, 1.54) is 18.4 Å². The summed E-state index contributed by atoms with van der Waals surface area (Å²) in [7, 11) is -0.514. The van der Waals surface area contributed by atoms with E-state index in [0.29, 0.717) is 31.4 Å². The van der Waals surface area contributed by atoms with Crippen LogP contribution < -0.4 is 5.32 Å². The minimum atomic E-state index is -3.52. The fourth-order valence-electron chi connectivity index (χ4n) is 3.45. The molecule has 1 aromatic carbocycles. The van der Waals surface area contributed by atoms with Crippen LogP contribution in [-0.2, 0) is 34.3 Å². The fraction of sp³-hybridized carbons (Fsp3) is 0.476. The number of rotatable bonds is 10. The molecule has 0 saturated heterocycles. The maximum Gasteiger partial charge on any atom is 0.242 e. The van der Waals surface area contributed by atoms with E-state index in [4.69, 9.17) is 0 Å². The third kappa shape index (κ3) is 5.31. The van der Waals surface area contributed by atoms with Gasteiger partial charge in [0.05, 0.1) is 22.1 Å². The minimum Gasteiger partial charge on any atom is -0.356 e. The summed E-state index contributed by atoms with van der Waals surface area (Å²) in [6.07, 6.45) is 5.42. The molecule has 2 aromatic heterocycles. The Kier molecular flexibility index (Phi) is 7.11. The van der Waals surface area contributed by atoms with Crippen molar-refractivity contribution in [2.75, 3.05) is 20.6 Å². The van der Waals surface area contributed by atoms with Gasteiger partial charge in [-0.2, -0.15) is 5.10 Å². The number of nitrogens with zero attached hydrogens (tertiary/aromatic N) is 5. The molecule has 0 saturated carbocycles. The Balaban J connectivity index is 1.60. The molecular weight excluding hydrogens is 416 g/mol. The van der Waals surface area contributed by atoms with Crippen molar-refractivity contribution >= 4 is 27.0 Å². The van der Waals surface area contributed by atoms with E-state index >= 15 is 0 Å². The van der Waals surface area contributed by atoms with Crippen LogP contribution in [0.2, 0.25) is 0 Å². The Morgan fingerprint density at radius 2 is 2.03 bits per heavy atom. The standard InChI is InChI=1S/C21H30N6O3S/c1-5-27-19-8-7-17(31(29,30)25(3)4)13-18(19)24-20(27)9-10-21(28)22-11-6-12-26-15-16(2)14-23-26/h7-8,13-15H,5-6,9-12H2,1-4H3,(H,22,28). The van der Waals surface area contributed by atoms with Crippen LogP contribution in [0.5, 0.6) is 0 Å². The van der Waals surface area contributed by atoms with Crippen molar-refractivity contribution < 1.29 is 13.2 Å². The van der Waals surface area contributed by atoms with Crippen molar-refractivity contribution in [2.45, 2.75) is 51.1 Å². The predicted molar refractivity (Wildman–Crippen MR) is 119 cm³/mol. The zero-order valence-corrected chi connectivity index (χ0v) is 19.3. The molecule has 3 aromatic rings. The third-order valence-corrected chi connectivity index (χ3v) is 6.93. The number of aromatic nitrogens is 4. The van der Waals surface area contributed by atoms with E-state index in [1.807, 2.05) is 35.5 Å². The predicted octanol–water partition coefficient (Wildman–Crippen LogP) is 1.95. The average molecular weight is 447 g/mol. The molecule has 1 amide bonds. The van der Waals surface area contributed by atoms with Gasteiger partial charge in [0.1, 0.15) is 5.82 Å². The lowest BCUT2D eigenvalue weighted by Gasteiger charge is -2.11. The van der Waals surface area contributed by atoms with Gasteiger partial charge in [0.25, 0.3) is 0 Å². The van der Waals surface area contributed by atoms with Gasteiger partial charge in [-0.25, -0.2) is 17.7 Å². The van der Waals surface area contributed by atoms with Gasteiger partial charge in [-0.3, -0.25) is 9.48 Å². The number of imidazole rings is 1. The second-order valence-corrected chi connectivity index (χ2v) is 9.85. The van der Waals surface area contributed by atoms with Crippen LogP contribution in [-0.4, -0.2) is 58.6 Å². The number of amides is 1. The van der Waals surface area contributed by atoms with Gasteiger partial charge in [-0.1, -0.05) is 0 Å². The van der Waals surface area contributed by atoms with Crippen molar-refractivity contribution in [1.29, 1.82) is 0 Å². The summed E-state index contributed by atoms with van der Waals surface area (Å²) in [5, 5.41) is 7.17. The van der Waals surface area contributed by atoms with Crippen LogP contribution in [0, 0.1) is 6.92 Å². The molecule has 0 aliphatic rings. The second-order valence-electron chi connectivity index (χ2n) is 7.69. The molecule has 31 heavy (non-hydrogen) atoms. The molecule has 0 aliphatic carbocycles. The molecule has 0 atom stereocenters. The number of fused-ring (bicyclic) bond motifs is 1. The summed E-state index contributed by atoms with van der Waals surface area (Å²) in [5.74, 6) is 0.751. The lowest BCUT2D eigenvalue weighted by molar-refractivity contribution is -0.121. The number of nitrogens with one attached hydrogen (secondary N) is 1. The van der Waals surface area contributed by atoms with Crippen LogP contribution in [0.15, 0.2) is 35.5 Å². The van der Waals surface area contributed by atoms with Crippen molar-refractivity contribution in [3.63, 3.8) is 0 Å². The van der Waals surface area contributed by atoms with Gasteiger partial charge in [0.2, 0.25) is 15.9 Å². The molecule has 0 unspecified atom stereocenters. The largest absolute Gasteiger partial charge is 0.356 e. The lowest BCUT2D eigenvalue weighted by Crippen LogP contribution is -2.25. The number of sulfonamides is 1. The molecular formula is C21H30N6O3S. The number of hydrogen-bond acceptors (Lipinski definition) is 5. The van der Waals surface area contributed by atoms with Crippen molar-refractivity contribution in [2.24, 2.45) is 0 Å². The average Bonchev–Trinajstić information content (AvgIpc) is 3.31. The first-order chi connectivity index (χ1) is 14.7. The highest BCUT2D eigenvalue weighted by Gasteiger charge is 2.19. The Morgan fingerprint density at radius 3 is 2.68 bits per heavy atom. The van der Waals surface area contributed by atoms with E-state index in [0.717, 1.165) is 29.9 Å². The molecule has 0 spiro atoms. The summed E-state index contributed by atoms with van der Waals surface area (Å²) in [6, 6.07) is 4.98. The molecule has 1 N–H and O–H groups in total. The highest BCUT2D eigenvalue weighted by atomic mass is 32.2. The lowest BCUT2D eigenvalue weighted by atomic mass is 10.2. The Hall–Kier alpha value is -2.72. The van der Waals surface area contributed by atoms with Gasteiger partial charge in [0.15, 0.2) is 0 Å². The second kappa shape index (κ2) is 9.61. The van der Waals surface area contributed by atoms with Crippen LogP contribution in [0.1, 0.15) is 31.2 Å². The Labute approximate surface area is 183 Å². The summed E-state index contributed by atoms with van der Waals surface area (Å²) in [5.41, 5.74) is 2.61. The van der Waals surface area contributed by atoms with E-state index in [-0.39, 0.29) is 10.8 Å². The first kappa shape index (κ1) is 23.0. The summed E-state index contributed by atoms with van der Waals surface area (Å²) < 4.78 is 29.9. The fourth-order valence-corrected chi connectivity index (χ4v) is 4.37. The van der Waals surface area contributed by atoms with Crippen molar-refractivity contribution in [1.82, 2.24) is 29.0 Å². The van der Waals surface area contributed by atoms with Crippen molar-refractivity contribution in [3.8, 4) is 0 Å². The number of aryl methyl sites for hydroxylation is 4. The molecule has 0 radical (unpaired) electrons. The molecule has 3 rings (SSSR count). The molecule has 9 nitrogen and oxygen atoms in total. The van der Waals surface area contributed by atoms with Crippen LogP contribution in [0.3, 0.4) is 0 Å². The highest BCUT2D eigenvalue weighted by Crippen LogP contribution is 2.22. The Morgan fingerprint density at radius 1 is 1.26 bits per heavy atom. The molecule has 0 aliphatic heterocycles. The first-order valence-corrected chi connectivity index (χ1v) is 11.8. The minimum absolute atomic E-state index is 0.0257. The maximum absolute atomic E-state index is 12.4. The molecule has 168 valence electrons. The number of carbonyl (C=O) groups excluding carboxylic acids is 1. The van der Waals surface area contributed by atoms with E-state index < -0.39 is 10.0 Å². The molecule has 10 heteroatoms. The molecule has 2 heterocycles. The normalized spacial score (nSPS) is 12.0. The van der Waals surface area contributed by atoms with Crippen LogP contribution in [0.4, 0.5) is 0 Å². The monoisotopic (exact) mass is 446 g/mol. The van der Waals surface area contributed by atoms with E-state index in [9.17, 15) is 13.2 Å². The van der Waals surface area contributed by atoms with Gasteiger partial charge in [-0.05, 0) is 44.0 Å². The molecule has 0 bridgehead atoms. The van der Waals surface area contributed by atoms with Crippen molar-refractivity contribution in [3.05, 3.63) is 42.0 Å². The topological polar surface area (TPSA) is 102 Å². The first-order valence-electron chi connectivity index (χ1n) is 10.4. The third-order valence-electron chi connectivity index (χ3n) is 5.12. The van der Waals surface area contributed by atoms with E-state index in [1.54, 1.807) is 18.2 Å². The zero-order chi connectivity index (χ0) is 22.6. The van der Waals surface area contributed by atoms with Gasteiger partial charge >= 0.3 is 0 Å². The number of hydrogen-bond donors (Lipinski definition) is 1. The smallest absolute Gasteiger partial charge is 0.242 e. The quantitative estimate of drug-likeness (QED) is 0.480. The van der Waals surface area contributed by atoms with Crippen LogP contribution in [0.25, 0.3) is 11.0 Å². The summed E-state index contributed by atoms with van der Waals surface area (Å²) in [4.78, 5) is 17.1. The summed E-state index contributed by atoms with van der Waals surface area (Å²) >= 11 is 0. The van der Waals surface area contributed by atoms with Crippen LogP contribution >= 0.6 is 0 Å². The molecule has 0 fully saturated rings. The van der Waals surface area contributed by atoms with Gasteiger partial charge < -0.3 is 9.88 Å². The van der Waals surface area contributed by atoms with Gasteiger partial charge in [0, 0.05) is 52.8 Å². The maximum atomic E-state index is 12.4. The Bertz CT molecular complexity index is 1160. The van der Waals surface area contributed by atoms with Gasteiger partial charge in [-0.15, -0.1) is 0 Å². The zero-order valence-electron chi connectivity index (χ0n) is 18.5. The SMILES string of the molecule is CCn1c(CCC(=O)NCCCn2cc(C)cn2)nc2cc(S(=O)(=O)N(C)C)ccc21. The number of carbonyl (C=O) groups is 1.